The van der Waals surface area contributed by atoms with E-state index < -0.39 is 0 Å². The molecule has 0 radical (unpaired) electrons. The van der Waals surface area contributed by atoms with Crippen molar-refractivity contribution in [2.24, 2.45) is 5.92 Å². The molecule has 0 saturated carbocycles. The van der Waals surface area contributed by atoms with Crippen molar-refractivity contribution in [2.45, 2.75) is 33.1 Å². The maximum Gasteiger partial charge on any atom is 0.135 e. The van der Waals surface area contributed by atoms with Gasteiger partial charge in [-0.3, -0.25) is 4.79 Å². The molecule has 1 rings (SSSR count). The van der Waals surface area contributed by atoms with Crippen LogP contribution in [0.2, 0.25) is 5.02 Å². The zero-order valence-corrected chi connectivity index (χ0v) is 10.4. The molecule has 0 N–H and O–H groups in total. The highest BCUT2D eigenvalue weighted by atomic mass is 35.5. The lowest BCUT2D eigenvalue weighted by atomic mass is 10.0. The van der Waals surface area contributed by atoms with Gasteiger partial charge in [0.2, 0.25) is 0 Å². The van der Waals surface area contributed by atoms with Gasteiger partial charge in [-0.25, -0.2) is 4.39 Å². The summed E-state index contributed by atoms with van der Waals surface area (Å²) in [6.45, 7) is 3.75. The summed E-state index contributed by atoms with van der Waals surface area (Å²) in [5, 5.41) is 0.442. The smallest absolute Gasteiger partial charge is 0.135 e. The second-order valence-electron chi connectivity index (χ2n) is 4.17. The molecule has 0 aliphatic heterocycles. The predicted molar refractivity (Wildman–Crippen MR) is 64.2 cm³/mol. The van der Waals surface area contributed by atoms with Crippen molar-refractivity contribution in [2.75, 3.05) is 0 Å². The zero-order valence-electron chi connectivity index (χ0n) is 9.59. The Morgan fingerprint density at radius 1 is 1.44 bits per heavy atom. The average Bonchev–Trinajstić information content (AvgIpc) is 2.22. The van der Waals surface area contributed by atoms with Crippen LogP contribution in [-0.4, -0.2) is 5.78 Å². The second kappa shape index (κ2) is 6.00. The first-order chi connectivity index (χ1) is 7.52. The molecular formula is C13H16ClFO. The van der Waals surface area contributed by atoms with Gasteiger partial charge in [0.25, 0.3) is 0 Å². The van der Waals surface area contributed by atoms with Gasteiger partial charge in [0.05, 0.1) is 0 Å². The molecule has 1 aromatic carbocycles. The highest BCUT2D eigenvalue weighted by molar-refractivity contribution is 6.31. The Balaban J connectivity index is 2.52. The molecule has 0 saturated heterocycles. The maximum atomic E-state index is 13.4. The average molecular weight is 243 g/mol. The minimum Gasteiger partial charge on any atom is -0.299 e. The lowest BCUT2D eigenvalue weighted by Crippen LogP contribution is -2.07. The Labute approximate surface area is 101 Å². The van der Waals surface area contributed by atoms with Crippen LogP contribution in [0.15, 0.2) is 18.2 Å². The lowest BCUT2D eigenvalue weighted by molar-refractivity contribution is -0.121. The molecule has 0 aromatic heterocycles. The standard InChI is InChI=1S/C13H16ClFO/c1-9(2)13(16)8-3-5-10-11(14)6-4-7-12(10)15/h4,6-7,9H,3,5,8H2,1-2H3. The molecule has 0 fully saturated rings. The maximum absolute atomic E-state index is 13.4. The number of hydrogen-bond acceptors (Lipinski definition) is 1. The van der Waals surface area contributed by atoms with Gasteiger partial charge in [0, 0.05) is 22.9 Å². The first-order valence-corrected chi connectivity index (χ1v) is 5.85. The van der Waals surface area contributed by atoms with E-state index in [1.807, 2.05) is 13.8 Å². The van der Waals surface area contributed by atoms with Crippen LogP contribution in [0.4, 0.5) is 4.39 Å². The van der Waals surface area contributed by atoms with Gasteiger partial charge >= 0.3 is 0 Å². The number of ketones is 1. The van der Waals surface area contributed by atoms with E-state index >= 15 is 0 Å². The van der Waals surface area contributed by atoms with E-state index in [2.05, 4.69) is 0 Å². The van der Waals surface area contributed by atoms with Gasteiger partial charge in [-0.05, 0) is 25.0 Å². The van der Waals surface area contributed by atoms with Crippen molar-refractivity contribution >= 4 is 17.4 Å². The second-order valence-corrected chi connectivity index (χ2v) is 4.58. The van der Waals surface area contributed by atoms with Gasteiger partial charge in [0.1, 0.15) is 11.6 Å². The number of carbonyl (C=O) groups excluding carboxylic acids is 1. The van der Waals surface area contributed by atoms with Gasteiger partial charge < -0.3 is 0 Å². The predicted octanol–water partition coefficient (Wildman–Crippen LogP) is 4.03. The number of carbonyl (C=O) groups is 1. The van der Waals surface area contributed by atoms with Crippen molar-refractivity contribution < 1.29 is 9.18 Å². The Hall–Kier alpha value is -0.890. The summed E-state index contributed by atoms with van der Waals surface area (Å²) in [5.41, 5.74) is 0.515. The Morgan fingerprint density at radius 3 is 2.69 bits per heavy atom. The zero-order chi connectivity index (χ0) is 12.1. The molecule has 3 heteroatoms. The van der Waals surface area contributed by atoms with Gasteiger partial charge in [-0.2, -0.15) is 0 Å². The third-order valence-corrected chi connectivity index (χ3v) is 2.91. The van der Waals surface area contributed by atoms with E-state index in [0.29, 0.717) is 29.8 Å². The van der Waals surface area contributed by atoms with E-state index in [1.54, 1.807) is 12.1 Å². The molecule has 0 heterocycles. The summed E-state index contributed by atoms with van der Waals surface area (Å²) in [6, 6.07) is 4.65. The van der Waals surface area contributed by atoms with Crippen LogP contribution >= 0.6 is 11.6 Å². The van der Waals surface area contributed by atoms with Gasteiger partial charge in [-0.15, -0.1) is 0 Å². The van der Waals surface area contributed by atoms with Crippen molar-refractivity contribution in [1.82, 2.24) is 0 Å². The fourth-order valence-corrected chi connectivity index (χ4v) is 1.76. The summed E-state index contributed by atoms with van der Waals surface area (Å²) in [6.07, 6.45) is 1.66. The molecule has 88 valence electrons. The first-order valence-electron chi connectivity index (χ1n) is 5.48. The summed E-state index contributed by atoms with van der Waals surface area (Å²) in [7, 11) is 0. The van der Waals surface area contributed by atoms with E-state index in [-0.39, 0.29) is 17.5 Å². The highest BCUT2D eigenvalue weighted by Gasteiger charge is 2.10. The summed E-state index contributed by atoms with van der Waals surface area (Å²) in [5.74, 6) is -0.0203. The van der Waals surface area contributed by atoms with Crippen LogP contribution in [0.1, 0.15) is 32.3 Å². The molecule has 0 atom stereocenters. The number of rotatable bonds is 5. The van der Waals surface area contributed by atoms with Crippen LogP contribution in [0.5, 0.6) is 0 Å². The molecule has 0 aliphatic rings. The molecule has 16 heavy (non-hydrogen) atoms. The topological polar surface area (TPSA) is 17.1 Å². The van der Waals surface area contributed by atoms with Crippen LogP contribution in [0, 0.1) is 11.7 Å². The minimum atomic E-state index is -0.288. The van der Waals surface area contributed by atoms with Crippen LogP contribution in [-0.2, 0) is 11.2 Å². The van der Waals surface area contributed by atoms with Crippen molar-refractivity contribution in [3.63, 3.8) is 0 Å². The van der Waals surface area contributed by atoms with E-state index in [9.17, 15) is 9.18 Å². The first kappa shape index (κ1) is 13.2. The van der Waals surface area contributed by atoms with Gasteiger partial charge in [0.15, 0.2) is 0 Å². The summed E-state index contributed by atoms with van der Waals surface area (Å²) < 4.78 is 13.4. The highest BCUT2D eigenvalue weighted by Crippen LogP contribution is 2.21. The molecule has 0 unspecified atom stereocenters. The van der Waals surface area contributed by atoms with Crippen molar-refractivity contribution in [3.05, 3.63) is 34.6 Å². The quantitative estimate of drug-likeness (QED) is 0.762. The third-order valence-electron chi connectivity index (χ3n) is 2.56. The summed E-state index contributed by atoms with van der Waals surface area (Å²) >= 11 is 5.88. The van der Waals surface area contributed by atoms with E-state index in [0.717, 1.165) is 0 Å². The largest absolute Gasteiger partial charge is 0.299 e. The number of Topliss-reactive ketones (excluding diaryl/α,β-unsaturated/α-hetero) is 1. The third kappa shape index (κ3) is 3.60. The van der Waals surface area contributed by atoms with E-state index in [1.165, 1.54) is 6.07 Å². The Bertz CT molecular complexity index is 354. The van der Waals surface area contributed by atoms with Gasteiger partial charge in [-0.1, -0.05) is 31.5 Å². The monoisotopic (exact) mass is 242 g/mol. The molecule has 0 amide bonds. The molecule has 1 aromatic rings. The Morgan fingerprint density at radius 2 is 2.12 bits per heavy atom. The number of benzene rings is 1. The van der Waals surface area contributed by atoms with Crippen molar-refractivity contribution in [1.29, 1.82) is 0 Å². The van der Waals surface area contributed by atoms with E-state index in [4.69, 9.17) is 11.6 Å². The van der Waals surface area contributed by atoms with Crippen LogP contribution < -0.4 is 0 Å². The fourth-order valence-electron chi connectivity index (χ4n) is 1.50. The normalized spacial score (nSPS) is 10.8. The number of halogens is 2. The molecule has 0 bridgehead atoms. The lowest BCUT2D eigenvalue weighted by Gasteiger charge is -2.06. The molecule has 1 nitrogen and oxygen atoms in total. The molecule has 0 spiro atoms. The minimum absolute atomic E-state index is 0.0519. The number of hydrogen-bond donors (Lipinski definition) is 0. The van der Waals surface area contributed by atoms with Crippen LogP contribution in [0.3, 0.4) is 0 Å². The molecular weight excluding hydrogens is 227 g/mol. The van der Waals surface area contributed by atoms with Crippen LogP contribution in [0.25, 0.3) is 0 Å². The molecule has 0 aliphatic carbocycles. The van der Waals surface area contributed by atoms with Crippen molar-refractivity contribution in [3.8, 4) is 0 Å². The fraction of sp³-hybridized carbons (Fsp3) is 0.462. The SMILES string of the molecule is CC(C)C(=O)CCCc1c(F)cccc1Cl. The summed E-state index contributed by atoms with van der Waals surface area (Å²) in [4.78, 5) is 11.4. The Kier molecular flexibility index (Phi) is 4.94.